The number of aliphatic imine (C=N–C) groups is 1. The summed E-state index contributed by atoms with van der Waals surface area (Å²) in [5.41, 5.74) is 1.69. The lowest BCUT2D eigenvalue weighted by molar-refractivity contribution is 0.0179. The first-order valence-corrected chi connectivity index (χ1v) is 10.8. The molecule has 0 bridgehead atoms. The smallest absolute Gasteiger partial charge is 0.194 e. The molecule has 0 saturated carbocycles. The van der Waals surface area contributed by atoms with Crippen LogP contribution in [-0.2, 0) is 9.47 Å². The number of hydrogen-bond donors (Lipinski definition) is 1. The van der Waals surface area contributed by atoms with Gasteiger partial charge in [0.05, 0.1) is 32.4 Å². The van der Waals surface area contributed by atoms with E-state index < -0.39 is 0 Å². The van der Waals surface area contributed by atoms with Crippen LogP contribution in [0, 0.1) is 5.41 Å². The van der Waals surface area contributed by atoms with E-state index in [9.17, 15) is 0 Å². The minimum Gasteiger partial charge on any atom is -0.381 e. The number of nitrogens with one attached hydrogen (secondary N) is 1. The van der Waals surface area contributed by atoms with E-state index in [1.54, 1.807) is 0 Å². The molecular formula is C22H34N4O2. The molecule has 0 aliphatic carbocycles. The number of guanidine groups is 1. The Morgan fingerprint density at radius 3 is 2.64 bits per heavy atom. The monoisotopic (exact) mass is 386 g/mol. The molecule has 1 aromatic rings. The van der Waals surface area contributed by atoms with Gasteiger partial charge in [-0.1, -0.05) is 30.3 Å². The van der Waals surface area contributed by atoms with E-state index >= 15 is 0 Å². The lowest BCUT2D eigenvalue weighted by atomic mass is 9.87. The minimum atomic E-state index is 0.296. The Hall–Kier alpha value is -1.63. The molecule has 3 saturated heterocycles. The van der Waals surface area contributed by atoms with Gasteiger partial charge < -0.3 is 19.7 Å². The zero-order valence-electron chi connectivity index (χ0n) is 17.1. The number of likely N-dealkylation sites (tertiary alicyclic amines) is 1. The standard InChI is InChI=1S/C22H34N4O2/c1-2-23-21(26-10-8-22(17-26)9-13-28-18-22)24-16-20(19-6-4-3-5-7-19)25-11-14-27-15-12-25/h3-7,20H,2,8-18H2,1H3,(H,23,24). The van der Waals surface area contributed by atoms with Crippen LogP contribution in [-0.4, -0.2) is 81.5 Å². The average Bonchev–Trinajstić information content (AvgIpc) is 3.39. The fraction of sp³-hybridized carbons (Fsp3) is 0.682. The van der Waals surface area contributed by atoms with E-state index in [2.05, 4.69) is 52.4 Å². The quantitative estimate of drug-likeness (QED) is 0.621. The van der Waals surface area contributed by atoms with Gasteiger partial charge in [0.1, 0.15) is 0 Å². The van der Waals surface area contributed by atoms with Gasteiger partial charge in [0.25, 0.3) is 0 Å². The second-order valence-electron chi connectivity index (χ2n) is 8.24. The predicted octanol–water partition coefficient (Wildman–Crippen LogP) is 2.14. The number of rotatable bonds is 5. The summed E-state index contributed by atoms with van der Waals surface area (Å²) in [6.07, 6.45) is 2.40. The van der Waals surface area contributed by atoms with E-state index in [1.165, 1.54) is 18.4 Å². The van der Waals surface area contributed by atoms with Crippen LogP contribution >= 0.6 is 0 Å². The fourth-order valence-electron chi connectivity index (χ4n) is 4.68. The third-order valence-corrected chi connectivity index (χ3v) is 6.34. The molecule has 4 rings (SSSR count). The molecular weight excluding hydrogens is 352 g/mol. The first-order chi connectivity index (χ1) is 13.8. The number of benzene rings is 1. The number of ether oxygens (including phenoxy) is 2. The average molecular weight is 387 g/mol. The predicted molar refractivity (Wildman–Crippen MR) is 112 cm³/mol. The summed E-state index contributed by atoms with van der Waals surface area (Å²) in [6.45, 7) is 11.3. The van der Waals surface area contributed by atoms with Crippen molar-refractivity contribution in [3.8, 4) is 0 Å². The summed E-state index contributed by atoms with van der Waals surface area (Å²) >= 11 is 0. The van der Waals surface area contributed by atoms with Crippen molar-refractivity contribution < 1.29 is 9.47 Å². The molecule has 1 N–H and O–H groups in total. The lowest BCUT2D eigenvalue weighted by Crippen LogP contribution is -2.43. The van der Waals surface area contributed by atoms with Gasteiger partial charge >= 0.3 is 0 Å². The highest BCUT2D eigenvalue weighted by Crippen LogP contribution is 2.38. The molecule has 1 spiro atoms. The highest BCUT2D eigenvalue weighted by atomic mass is 16.5. The van der Waals surface area contributed by atoms with Crippen molar-refractivity contribution in [2.45, 2.75) is 25.8 Å². The lowest BCUT2D eigenvalue weighted by Gasteiger charge is -2.34. The normalized spacial score (nSPS) is 27.5. The molecule has 6 heteroatoms. The highest BCUT2D eigenvalue weighted by Gasteiger charge is 2.42. The van der Waals surface area contributed by atoms with Crippen LogP contribution in [0.3, 0.4) is 0 Å². The van der Waals surface area contributed by atoms with E-state index in [0.29, 0.717) is 11.5 Å². The van der Waals surface area contributed by atoms with Gasteiger partial charge in [0.2, 0.25) is 0 Å². The van der Waals surface area contributed by atoms with Crippen LogP contribution in [0.5, 0.6) is 0 Å². The zero-order chi connectivity index (χ0) is 19.2. The van der Waals surface area contributed by atoms with Crippen molar-refractivity contribution in [3.63, 3.8) is 0 Å². The van der Waals surface area contributed by atoms with Gasteiger partial charge in [-0.2, -0.15) is 0 Å². The van der Waals surface area contributed by atoms with Gasteiger partial charge in [-0.15, -0.1) is 0 Å². The Morgan fingerprint density at radius 1 is 1.11 bits per heavy atom. The van der Waals surface area contributed by atoms with Gasteiger partial charge in [0, 0.05) is 44.7 Å². The van der Waals surface area contributed by atoms with Gasteiger partial charge in [-0.05, 0) is 25.3 Å². The Kier molecular flexibility index (Phi) is 6.50. The van der Waals surface area contributed by atoms with E-state index in [-0.39, 0.29) is 0 Å². The van der Waals surface area contributed by atoms with Gasteiger partial charge in [-0.3, -0.25) is 9.89 Å². The molecule has 28 heavy (non-hydrogen) atoms. The summed E-state index contributed by atoms with van der Waals surface area (Å²) < 4.78 is 11.3. The molecule has 1 aromatic carbocycles. The number of nitrogens with zero attached hydrogens (tertiary/aromatic N) is 3. The third-order valence-electron chi connectivity index (χ3n) is 6.34. The molecule has 2 atom stereocenters. The van der Waals surface area contributed by atoms with Crippen molar-refractivity contribution in [2.24, 2.45) is 10.4 Å². The van der Waals surface area contributed by atoms with Crippen LogP contribution < -0.4 is 5.32 Å². The number of morpholine rings is 1. The molecule has 3 fully saturated rings. The Labute approximate surface area is 168 Å². The first kappa shape index (κ1) is 19.7. The molecule has 3 heterocycles. The molecule has 0 amide bonds. The van der Waals surface area contributed by atoms with Crippen LogP contribution in [0.25, 0.3) is 0 Å². The van der Waals surface area contributed by atoms with Crippen molar-refractivity contribution in [1.29, 1.82) is 0 Å². The summed E-state index contributed by atoms with van der Waals surface area (Å²) in [5.74, 6) is 1.06. The van der Waals surface area contributed by atoms with Gasteiger partial charge in [0.15, 0.2) is 5.96 Å². The maximum absolute atomic E-state index is 5.70. The second kappa shape index (κ2) is 9.25. The highest BCUT2D eigenvalue weighted by molar-refractivity contribution is 5.80. The van der Waals surface area contributed by atoms with Crippen molar-refractivity contribution in [1.82, 2.24) is 15.1 Å². The minimum absolute atomic E-state index is 0.296. The molecule has 6 nitrogen and oxygen atoms in total. The van der Waals surface area contributed by atoms with Crippen LogP contribution in [0.2, 0.25) is 0 Å². The number of hydrogen-bond acceptors (Lipinski definition) is 4. The molecule has 0 radical (unpaired) electrons. The summed E-state index contributed by atoms with van der Waals surface area (Å²) in [5, 5.41) is 3.53. The van der Waals surface area contributed by atoms with Crippen LogP contribution in [0.4, 0.5) is 0 Å². The Bertz CT molecular complexity index is 639. The molecule has 0 aromatic heterocycles. The SMILES string of the molecule is CCNC(=NCC(c1ccccc1)N1CCOCC1)N1CCC2(CCOC2)C1. The fourth-order valence-corrected chi connectivity index (χ4v) is 4.68. The van der Waals surface area contributed by atoms with Crippen molar-refractivity contribution >= 4 is 5.96 Å². The van der Waals surface area contributed by atoms with Crippen LogP contribution in [0.15, 0.2) is 35.3 Å². The first-order valence-electron chi connectivity index (χ1n) is 10.8. The zero-order valence-corrected chi connectivity index (χ0v) is 17.1. The summed E-state index contributed by atoms with van der Waals surface area (Å²) in [4.78, 5) is 10.1. The summed E-state index contributed by atoms with van der Waals surface area (Å²) in [6, 6.07) is 11.1. The molecule has 3 aliphatic rings. The molecule has 3 aliphatic heterocycles. The van der Waals surface area contributed by atoms with Gasteiger partial charge in [-0.25, -0.2) is 0 Å². The van der Waals surface area contributed by atoms with Crippen molar-refractivity contribution in [2.75, 3.05) is 65.7 Å². The maximum atomic E-state index is 5.70. The molecule has 154 valence electrons. The Balaban J connectivity index is 1.49. The van der Waals surface area contributed by atoms with E-state index in [0.717, 1.165) is 71.7 Å². The third kappa shape index (κ3) is 4.50. The van der Waals surface area contributed by atoms with Crippen LogP contribution in [0.1, 0.15) is 31.4 Å². The van der Waals surface area contributed by atoms with E-state index in [1.807, 2.05) is 0 Å². The van der Waals surface area contributed by atoms with E-state index in [4.69, 9.17) is 14.5 Å². The summed E-state index contributed by atoms with van der Waals surface area (Å²) in [7, 11) is 0. The second-order valence-corrected chi connectivity index (χ2v) is 8.24. The topological polar surface area (TPSA) is 49.3 Å². The van der Waals surface area contributed by atoms with Crippen molar-refractivity contribution in [3.05, 3.63) is 35.9 Å². The maximum Gasteiger partial charge on any atom is 0.194 e. The molecule has 2 unspecified atom stereocenters. The largest absolute Gasteiger partial charge is 0.381 e. The Morgan fingerprint density at radius 2 is 1.93 bits per heavy atom.